The Morgan fingerprint density at radius 2 is 1.97 bits per heavy atom. The number of ether oxygens (including phenoxy) is 1. The zero-order chi connectivity index (χ0) is 21.5. The summed E-state index contributed by atoms with van der Waals surface area (Å²) >= 11 is 1.14. The summed E-state index contributed by atoms with van der Waals surface area (Å²) in [4.78, 5) is 40.3. The predicted octanol–water partition coefficient (Wildman–Crippen LogP) is 1.98. The van der Waals surface area contributed by atoms with Crippen LogP contribution in [-0.4, -0.2) is 56.6 Å². The number of nitrogens with one attached hydrogen (secondary N) is 1. The maximum atomic E-state index is 13.0. The molecular formula is C20H26N2O6S2. The first-order chi connectivity index (χ1) is 14.3. The molecule has 3 heterocycles. The molecule has 0 radical (unpaired) electrons. The maximum Gasteiger partial charge on any atom is 0.341 e. The number of amides is 2. The van der Waals surface area contributed by atoms with E-state index in [2.05, 4.69) is 5.32 Å². The van der Waals surface area contributed by atoms with Crippen LogP contribution in [0.2, 0.25) is 0 Å². The highest BCUT2D eigenvalue weighted by molar-refractivity contribution is 7.90. The second-order valence-corrected chi connectivity index (χ2v) is 11.4. The van der Waals surface area contributed by atoms with Gasteiger partial charge in [-0.3, -0.25) is 9.59 Å². The summed E-state index contributed by atoms with van der Waals surface area (Å²) in [5.41, 5.74) is 0.944. The summed E-state index contributed by atoms with van der Waals surface area (Å²) in [5, 5.41) is 3.21. The van der Waals surface area contributed by atoms with Crippen molar-refractivity contribution in [3.63, 3.8) is 0 Å². The van der Waals surface area contributed by atoms with Crippen LogP contribution in [0.25, 0.3) is 0 Å². The number of anilines is 1. The molecule has 0 spiro atoms. The SMILES string of the molecule is CCOC(=O)c1c(NC(=O)C2CCCN(C(=O)C3CC3)C2)sc2c1CCS(=O)(=O)C2. The summed E-state index contributed by atoms with van der Waals surface area (Å²) in [7, 11) is -3.20. The molecule has 30 heavy (non-hydrogen) atoms. The fraction of sp³-hybridized carbons (Fsp3) is 0.650. The van der Waals surface area contributed by atoms with E-state index in [0.29, 0.717) is 35.0 Å². The Morgan fingerprint density at radius 3 is 2.67 bits per heavy atom. The third-order valence-electron chi connectivity index (χ3n) is 5.85. The molecule has 4 rings (SSSR count). The Hall–Kier alpha value is -1.94. The van der Waals surface area contributed by atoms with Gasteiger partial charge in [0.25, 0.3) is 0 Å². The number of piperidine rings is 1. The lowest BCUT2D eigenvalue weighted by molar-refractivity contribution is -0.135. The minimum Gasteiger partial charge on any atom is -0.462 e. The third-order valence-corrected chi connectivity index (χ3v) is 8.74. The van der Waals surface area contributed by atoms with Gasteiger partial charge in [0.05, 0.1) is 29.6 Å². The number of rotatable bonds is 5. The van der Waals surface area contributed by atoms with Crippen molar-refractivity contribution in [1.29, 1.82) is 0 Å². The van der Waals surface area contributed by atoms with Crippen LogP contribution in [0.1, 0.15) is 53.4 Å². The Balaban J connectivity index is 1.54. The van der Waals surface area contributed by atoms with Gasteiger partial charge in [-0.2, -0.15) is 0 Å². The smallest absolute Gasteiger partial charge is 0.341 e. The predicted molar refractivity (Wildman–Crippen MR) is 112 cm³/mol. The number of hydrogen-bond donors (Lipinski definition) is 1. The molecule has 8 nitrogen and oxygen atoms in total. The largest absolute Gasteiger partial charge is 0.462 e. The summed E-state index contributed by atoms with van der Waals surface area (Å²) in [6.45, 7) is 2.96. The lowest BCUT2D eigenvalue weighted by Gasteiger charge is -2.32. The molecule has 0 aromatic carbocycles. The topological polar surface area (TPSA) is 110 Å². The van der Waals surface area contributed by atoms with Crippen LogP contribution in [0.4, 0.5) is 5.00 Å². The van der Waals surface area contributed by atoms with Crippen LogP contribution in [0, 0.1) is 11.8 Å². The number of nitrogens with zero attached hydrogens (tertiary/aromatic N) is 1. The first kappa shape index (κ1) is 21.3. The van der Waals surface area contributed by atoms with Gasteiger partial charge in [0.15, 0.2) is 9.84 Å². The van der Waals surface area contributed by atoms with E-state index in [1.807, 2.05) is 0 Å². The van der Waals surface area contributed by atoms with Gasteiger partial charge >= 0.3 is 5.97 Å². The number of likely N-dealkylation sites (tertiary alicyclic amines) is 1. The van der Waals surface area contributed by atoms with Crippen LogP contribution in [-0.2, 0) is 36.3 Å². The number of sulfone groups is 1. The molecule has 2 amide bonds. The van der Waals surface area contributed by atoms with E-state index >= 15 is 0 Å². The van der Waals surface area contributed by atoms with E-state index in [1.165, 1.54) is 0 Å². The highest BCUT2D eigenvalue weighted by Gasteiger charge is 2.37. The summed E-state index contributed by atoms with van der Waals surface area (Å²) < 4.78 is 29.2. The Labute approximate surface area is 179 Å². The minimum atomic E-state index is -3.20. The quantitative estimate of drug-likeness (QED) is 0.682. The summed E-state index contributed by atoms with van der Waals surface area (Å²) in [5.74, 6) is -1.02. The van der Waals surface area contributed by atoms with Crippen molar-refractivity contribution in [2.45, 2.75) is 44.8 Å². The standard InChI is InChI=1S/C20H26N2O6S2/c1-2-28-20(25)16-14-7-9-30(26,27)11-15(14)29-18(16)21-17(23)13-4-3-8-22(10-13)19(24)12-5-6-12/h12-13H,2-11H2,1H3,(H,21,23). The summed E-state index contributed by atoms with van der Waals surface area (Å²) in [6, 6.07) is 0. The average Bonchev–Trinajstić information content (AvgIpc) is 3.49. The van der Waals surface area contributed by atoms with Crippen molar-refractivity contribution in [1.82, 2.24) is 4.90 Å². The first-order valence-corrected chi connectivity index (χ1v) is 13.0. The molecular weight excluding hydrogens is 428 g/mol. The van der Waals surface area contributed by atoms with Crippen molar-refractivity contribution in [2.24, 2.45) is 11.8 Å². The number of esters is 1. The van der Waals surface area contributed by atoms with E-state index in [4.69, 9.17) is 4.74 Å². The molecule has 1 saturated carbocycles. The number of hydrogen-bond acceptors (Lipinski definition) is 7. The second kappa shape index (κ2) is 8.30. The number of fused-ring (bicyclic) bond motifs is 1. The van der Waals surface area contributed by atoms with Crippen molar-refractivity contribution in [3.05, 3.63) is 16.0 Å². The zero-order valence-corrected chi connectivity index (χ0v) is 18.6. The Morgan fingerprint density at radius 1 is 1.20 bits per heavy atom. The molecule has 1 aliphatic carbocycles. The molecule has 164 valence electrons. The third kappa shape index (κ3) is 4.39. The van der Waals surface area contributed by atoms with E-state index in [0.717, 1.165) is 30.6 Å². The molecule has 1 unspecified atom stereocenters. The molecule has 1 saturated heterocycles. The number of carbonyl (C=O) groups is 3. The van der Waals surface area contributed by atoms with Gasteiger partial charge in [-0.15, -0.1) is 11.3 Å². The van der Waals surface area contributed by atoms with Crippen molar-refractivity contribution < 1.29 is 27.5 Å². The molecule has 1 aromatic heterocycles. The highest BCUT2D eigenvalue weighted by atomic mass is 32.2. The molecule has 1 atom stereocenters. The number of thiophene rings is 1. The fourth-order valence-corrected chi connectivity index (χ4v) is 7.17. The van der Waals surface area contributed by atoms with E-state index in [9.17, 15) is 22.8 Å². The molecule has 2 aliphatic heterocycles. The van der Waals surface area contributed by atoms with Gasteiger partial charge in [-0.1, -0.05) is 0 Å². The average molecular weight is 455 g/mol. The van der Waals surface area contributed by atoms with Crippen LogP contribution in [0.15, 0.2) is 0 Å². The molecule has 10 heteroatoms. The van der Waals surface area contributed by atoms with Crippen molar-refractivity contribution in [3.8, 4) is 0 Å². The lowest BCUT2D eigenvalue weighted by atomic mass is 9.96. The lowest BCUT2D eigenvalue weighted by Crippen LogP contribution is -2.44. The molecule has 1 aromatic rings. The summed E-state index contributed by atoms with van der Waals surface area (Å²) in [6.07, 6.45) is 3.54. The van der Waals surface area contributed by atoms with Gasteiger partial charge in [-0.05, 0) is 44.6 Å². The Kier molecular flexibility index (Phi) is 5.89. The fourth-order valence-electron chi connectivity index (χ4n) is 4.12. The van der Waals surface area contributed by atoms with E-state index < -0.39 is 15.8 Å². The van der Waals surface area contributed by atoms with Crippen LogP contribution in [0.5, 0.6) is 0 Å². The normalized spacial score (nSPS) is 22.8. The van der Waals surface area contributed by atoms with Gasteiger partial charge in [-0.25, -0.2) is 13.2 Å². The van der Waals surface area contributed by atoms with Crippen LogP contribution in [0.3, 0.4) is 0 Å². The van der Waals surface area contributed by atoms with Crippen LogP contribution < -0.4 is 5.32 Å². The molecule has 3 aliphatic rings. The van der Waals surface area contributed by atoms with E-state index in [-0.39, 0.29) is 53.7 Å². The monoisotopic (exact) mass is 454 g/mol. The zero-order valence-electron chi connectivity index (χ0n) is 16.9. The van der Waals surface area contributed by atoms with E-state index in [1.54, 1.807) is 11.8 Å². The Bertz CT molecular complexity index is 980. The molecule has 1 N–H and O–H groups in total. The van der Waals surface area contributed by atoms with Crippen molar-refractivity contribution in [2.75, 3.05) is 30.8 Å². The second-order valence-electron chi connectivity index (χ2n) is 8.16. The minimum absolute atomic E-state index is 0.0165. The molecule has 2 fully saturated rings. The van der Waals surface area contributed by atoms with Gasteiger partial charge in [0, 0.05) is 23.9 Å². The highest BCUT2D eigenvalue weighted by Crippen LogP contribution is 2.39. The number of carbonyl (C=O) groups excluding carboxylic acids is 3. The van der Waals surface area contributed by atoms with Crippen LogP contribution >= 0.6 is 11.3 Å². The van der Waals surface area contributed by atoms with Gasteiger partial charge in [0.2, 0.25) is 11.8 Å². The van der Waals surface area contributed by atoms with Crippen molar-refractivity contribution >= 4 is 44.0 Å². The maximum absolute atomic E-state index is 13.0. The molecule has 0 bridgehead atoms. The first-order valence-electron chi connectivity index (χ1n) is 10.4. The van der Waals surface area contributed by atoms with Gasteiger partial charge < -0.3 is 15.0 Å². The van der Waals surface area contributed by atoms with Gasteiger partial charge in [0.1, 0.15) is 5.00 Å².